The van der Waals surface area contributed by atoms with Crippen molar-refractivity contribution in [3.63, 3.8) is 0 Å². The second-order valence-electron chi connectivity index (χ2n) is 5.12. The third-order valence-electron chi connectivity index (χ3n) is 3.31. The van der Waals surface area contributed by atoms with Crippen molar-refractivity contribution in [1.29, 1.82) is 0 Å². The smallest absolute Gasteiger partial charge is 0.123 e. The maximum absolute atomic E-state index is 5.71. The lowest BCUT2D eigenvalue weighted by molar-refractivity contribution is 0.201. The number of pyridine rings is 1. The Morgan fingerprint density at radius 2 is 2.35 bits per heavy atom. The van der Waals surface area contributed by atoms with E-state index in [-0.39, 0.29) is 0 Å². The van der Waals surface area contributed by atoms with Gasteiger partial charge in [0, 0.05) is 25.3 Å². The molecule has 0 radical (unpaired) electrons. The van der Waals surface area contributed by atoms with Gasteiger partial charge in [0.05, 0.1) is 0 Å². The van der Waals surface area contributed by atoms with Gasteiger partial charge in [-0.25, -0.2) is 4.98 Å². The average Bonchev–Trinajstić information content (AvgIpc) is 2.65. The molecule has 94 valence electrons. The number of rotatable bonds is 4. The van der Waals surface area contributed by atoms with E-state index in [1.807, 2.05) is 6.07 Å². The molecule has 0 aliphatic carbocycles. The Morgan fingerprint density at radius 3 is 3.06 bits per heavy atom. The van der Waals surface area contributed by atoms with Crippen molar-refractivity contribution in [3.05, 3.63) is 23.9 Å². The van der Waals surface area contributed by atoms with E-state index >= 15 is 0 Å². The summed E-state index contributed by atoms with van der Waals surface area (Å²) in [7, 11) is 4.28. The van der Waals surface area contributed by atoms with Gasteiger partial charge in [-0.2, -0.15) is 0 Å². The van der Waals surface area contributed by atoms with Gasteiger partial charge >= 0.3 is 0 Å². The first kappa shape index (κ1) is 12.3. The number of nitrogens with zero attached hydrogens (tertiary/aromatic N) is 3. The molecule has 2 heterocycles. The minimum absolute atomic E-state index is 0.617. The molecule has 4 heteroatoms. The van der Waals surface area contributed by atoms with E-state index in [1.165, 1.54) is 24.9 Å². The molecule has 1 aromatic rings. The van der Waals surface area contributed by atoms with Gasteiger partial charge in [-0.3, -0.25) is 4.90 Å². The summed E-state index contributed by atoms with van der Waals surface area (Å²) in [6, 6.07) is 4.71. The van der Waals surface area contributed by atoms with Crippen LogP contribution in [-0.2, 0) is 6.54 Å². The first-order valence-corrected chi connectivity index (χ1v) is 6.24. The van der Waals surface area contributed by atoms with Gasteiger partial charge in [-0.1, -0.05) is 0 Å². The lowest BCUT2D eigenvalue weighted by Gasteiger charge is -2.27. The summed E-state index contributed by atoms with van der Waals surface area (Å²) < 4.78 is 0. The van der Waals surface area contributed by atoms with Gasteiger partial charge in [0.25, 0.3) is 0 Å². The number of nitrogen functional groups attached to an aromatic ring is 1. The first-order chi connectivity index (χ1) is 8.15. The van der Waals surface area contributed by atoms with Crippen LogP contribution in [0.2, 0.25) is 0 Å². The van der Waals surface area contributed by atoms with Crippen LogP contribution in [0.25, 0.3) is 0 Å². The molecular weight excluding hydrogens is 212 g/mol. The Kier molecular flexibility index (Phi) is 3.97. The molecule has 1 unspecified atom stereocenters. The molecule has 2 N–H and O–H groups in total. The van der Waals surface area contributed by atoms with Crippen LogP contribution in [0, 0.1) is 0 Å². The highest BCUT2D eigenvalue weighted by Gasteiger charge is 2.24. The lowest BCUT2D eigenvalue weighted by Crippen LogP contribution is -2.37. The summed E-state index contributed by atoms with van der Waals surface area (Å²) in [5.41, 5.74) is 6.98. The molecule has 1 aliphatic heterocycles. The van der Waals surface area contributed by atoms with Crippen molar-refractivity contribution in [2.75, 3.05) is 32.9 Å². The van der Waals surface area contributed by atoms with Crippen molar-refractivity contribution in [2.24, 2.45) is 0 Å². The van der Waals surface area contributed by atoms with Crippen LogP contribution >= 0.6 is 0 Å². The average molecular weight is 234 g/mol. The maximum atomic E-state index is 5.71. The molecule has 1 saturated heterocycles. The molecule has 0 bridgehead atoms. The number of hydrogen-bond donors (Lipinski definition) is 1. The van der Waals surface area contributed by atoms with Crippen LogP contribution in [0.3, 0.4) is 0 Å². The molecule has 0 aromatic carbocycles. The molecule has 1 aromatic heterocycles. The quantitative estimate of drug-likeness (QED) is 0.850. The largest absolute Gasteiger partial charge is 0.384 e. The highest BCUT2D eigenvalue weighted by atomic mass is 15.2. The third-order valence-corrected chi connectivity index (χ3v) is 3.31. The zero-order valence-corrected chi connectivity index (χ0v) is 10.8. The molecule has 1 atom stereocenters. The van der Waals surface area contributed by atoms with Crippen molar-refractivity contribution in [2.45, 2.75) is 25.4 Å². The minimum atomic E-state index is 0.617. The van der Waals surface area contributed by atoms with Crippen molar-refractivity contribution in [3.8, 4) is 0 Å². The number of aromatic nitrogens is 1. The Labute approximate surface area is 103 Å². The summed E-state index contributed by atoms with van der Waals surface area (Å²) in [6.45, 7) is 3.33. The first-order valence-electron chi connectivity index (χ1n) is 6.24. The molecule has 2 rings (SSSR count). The SMILES string of the molecule is CN(C)CC1CCCN1Cc1ccnc(N)c1. The molecule has 0 amide bonds. The molecule has 4 nitrogen and oxygen atoms in total. The number of hydrogen-bond acceptors (Lipinski definition) is 4. The van der Waals surface area contributed by atoms with Crippen LogP contribution in [0.5, 0.6) is 0 Å². The van der Waals surface area contributed by atoms with E-state index in [2.05, 4.69) is 34.9 Å². The number of likely N-dealkylation sites (N-methyl/N-ethyl adjacent to an activating group) is 1. The van der Waals surface area contributed by atoms with Gasteiger partial charge in [-0.15, -0.1) is 0 Å². The second-order valence-corrected chi connectivity index (χ2v) is 5.12. The summed E-state index contributed by atoms with van der Waals surface area (Å²) in [6.07, 6.45) is 4.40. The van der Waals surface area contributed by atoms with Gasteiger partial charge in [0.15, 0.2) is 0 Å². The Balaban J connectivity index is 1.97. The zero-order valence-electron chi connectivity index (χ0n) is 10.8. The second kappa shape index (κ2) is 5.47. The van der Waals surface area contributed by atoms with E-state index in [0.717, 1.165) is 13.1 Å². The van der Waals surface area contributed by atoms with Crippen LogP contribution in [-0.4, -0.2) is 48.0 Å². The topological polar surface area (TPSA) is 45.4 Å². The van der Waals surface area contributed by atoms with Crippen molar-refractivity contribution in [1.82, 2.24) is 14.8 Å². The highest BCUT2D eigenvalue weighted by Crippen LogP contribution is 2.20. The Morgan fingerprint density at radius 1 is 1.53 bits per heavy atom. The highest BCUT2D eigenvalue weighted by molar-refractivity contribution is 5.31. The fourth-order valence-electron chi connectivity index (χ4n) is 2.56. The molecule has 1 fully saturated rings. The summed E-state index contributed by atoms with van der Waals surface area (Å²) in [5.74, 6) is 0.617. The van der Waals surface area contributed by atoms with E-state index in [9.17, 15) is 0 Å². The number of nitrogens with two attached hydrogens (primary N) is 1. The molecular formula is C13H22N4. The van der Waals surface area contributed by atoms with Crippen molar-refractivity contribution >= 4 is 5.82 Å². The summed E-state index contributed by atoms with van der Waals surface area (Å²) >= 11 is 0. The van der Waals surface area contributed by atoms with Crippen LogP contribution in [0.4, 0.5) is 5.82 Å². The summed E-state index contributed by atoms with van der Waals surface area (Å²) in [5, 5.41) is 0. The van der Waals surface area contributed by atoms with Gasteiger partial charge in [-0.05, 0) is 51.2 Å². The third kappa shape index (κ3) is 3.41. The van der Waals surface area contributed by atoms with Gasteiger partial charge in [0.1, 0.15) is 5.82 Å². The molecule has 17 heavy (non-hydrogen) atoms. The normalized spacial score (nSPS) is 21.2. The monoisotopic (exact) mass is 234 g/mol. The number of anilines is 1. The van der Waals surface area contributed by atoms with Gasteiger partial charge < -0.3 is 10.6 Å². The van der Waals surface area contributed by atoms with E-state index in [4.69, 9.17) is 5.73 Å². The molecule has 0 spiro atoms. The van der Waals surface area contributed by atoms with Crippen LogP contribution in [0.15, 0.2) is 18.3 Å². The number of likely N-dealkylation sites (tertiary alicyclic amines) is 1. The zero-order chi connectivity index (χ0) is 12.3. The lowest BCUT2D eigenvalue weighted by atomic mass is 10.2. The van der Waals surface area contributed by atoms with Crippen LogP contribution in [0.1, 0.15) is 18.4 Å². The van der Waals surface area contributed by atoms with E-state index in [1.54, 1.807) is 6.20 Å². The molecule has 0 saturated carbocycles. The van der Waals surface area contributed by atoms with E-state index in [0.29, 0.717) is 11.9 Å². The van der Waals surface area contributed by atoms with E-state index < -0.39 is 0 Å². The predicted molar refractivity (Wildman–Crippen MR) is 70.6 cm³/mol. The van der Waals surface area contributed by atoms with Gasteiger partial charge in [0.2, 0.25) is 0 Å². The maximum Gasteiger partial charge on any atom is 0.123 e. The Bertz CT molecular complexity index is 364. The van der Waals surface area contributed by atoms with Crippen molar-refractivity contribution < 1.29 is 0 Å². The summed E-state index contributed by atoms with van der Waals surface area (Å²) in [4.78, 5) is 8.85. The van der Waals surface area contributed by atoms with Crippen LogP contribution < -0.4 is 5.73 Å². The fraction of sp³-hybridized carbons (Fsp3) is 0.615. The molecule has 1 aliphatic rings. The standard InChI is InChI=1S/C13H22N4/c1-16(2)10-12-4-3-7-17(12)9-11-5-6-15-13(14)8-11/h5-6,8,12H,3-4,7,9-10H2,1-2H3,(H2,14,15). The fourth-order valence-corrected chi connectivity index (χ4v) is 2.56. The predicted octanol–water partition coefficient (Wildman–Crippen LogP) is 1.19. The Hall–Kier alpha value is -1.13. The minimum Gasteiger partial charge on any atom is -0.384 e.